The van der Waals surface area contributed by atoms with Crippen LogP contribution >= 0.6 is 11.3 Å². The third-order valence-corrected chi connectivity index (χ3v) is 9.68. The van der Waals surface area contributed by atoms with E-state index in [1.165, 1.54) is 9.80 Å². The van der Waals surface area contributed by atoms with Crippen molar-refractivity contribution in [3.05, 3.63) is 148 Å². The Bertz CT molecular complexity index is 1810. The molecule has 0 aliphatic carbocycles. The van der Waals surface area contributed by atoms with E-state index in [0.717, 1.165) is 32.7 Å². The Morgan fingerprint density at radius 3 is 2.16 bits per heavy atom. The molecule has 3 atom stereocenters. The predicted molar refractivity (Wildman–Crippen MR) is 196 cm³/mol. The van der Waals surface area contributed by atoms with Crippen LogP contribution in [0.3, 0.4) is 0 Å². The van der Waals surface area contributed by atoms with Crippen LogP contribution in [0, 0.1) is 0 Å². The zero-order valence-electron chi connectivity index (χ0n) is 28.2. The fraction of sp³-hybridized carbons (Fsp3) is 0.250. The van der Waals surface area contributed by atoms with Crippen molar-refractivity contribution in [2.45, 2.75) is 44.3 Å². The average Bonchev–Trinajstić information content (AvgIpc) is 3.66. The molecule has 3 aromatic carbocycles. The number of rotatable bonds is 14. The van der Waals surface area contributed by atoms with Crippen LogP contribution in [0.15, 0.2) is 121 Å². The number of nitrogens with two attached hydrogens (primary N) is 1. The molecule has 252 valence electrons. The molecule has 0 aliphatic rings. The van der Waals surface area contributed by atoms with Gasteiger partial charge in [0.1, 0.15) is 12.1 Å². The van der Waals surface area contributed by atoms with E-state index in [4.69, 9.17) is 5.73 Å². The number of aromatic nitrogens is 1. The second-order valence-electron chi connectivity index (χ2n) is 12.3. The third kappa shape index (κ3) is 9.28. The van der Waals surface area contributed by atoms with Crippen LogP contribution < -0.4 is 11.1 Å². The van der Waals surface area contributed by atoms with Crippen molar-refractivity contribution in [2.24, 2.45) is 5.73 Å². The normalized spacial score (nSPS) is 12.8. The van der Waals surface area contributed by atoms with Crippen molar-refractivity contribution in [3.63, 3.8) is 0 Å². The van der Waals surface area contributed by atoms with Crippen LogP contribution in [0.5, 0.6) is 0 Å². The summed E-state index contributed by atoms with van der Waals surface area (Å²) < 4.78 is 0. The van der Waals surface area contributed by atoms with Crippen LogP contribution in [-0.2, 0) is 28.9 Å². The van der Waals surface area contributed by atoms with E-state index >= 15 is 0 Å². The molecular formula is C40H43N5O3S. The molecule has 0 fully saturated rings. The lowest BCUT2D eigenvalue weighted by atomic mass is 9.98. The number of benzene rings is 3. The Morgan fingerprint density at radius 2 is 1.49 bits per heavy atom. The van der Waals surface area contributed by atoms with E-state index in [9.17, 15) is 14.4 Å². The monoisotopic (exact) mass is 673 g/mol. The van der Waals surface area contributed by atoms with Gasteiger partial charge < -0.3 is 20.9 Å². The number of nitrogens with zero attached hydrogens (tertiary/aromatic N) is 3. The molecule has 49 heavy (non-hydrogen) atoms. The van der Waals surface area contributed by atoms with Gasteiger partial charge in [0, 0.05) is 62.4 Å². The summed E-state index contributed by atoms with van der Waals surface area (Å²) in [6, 6.07) is 31.1. The summed E-state index contributed by atoms with van der Waals surface area (Å²) in [6.07, 6.45) is 4.71. The van der Waals surface area contributed by atoms with E-state index < -0.39 is 12.1 Å². The Balaban J connectivity index is 1.42. The lowest BCUT2D eigenvalue weighted by molar-refractivity contribution is -0.142. The molecule has 2 heterocycles. The van der Waals surface area contributed by atoms with Gasteiger partial charge in [-0.1, -0.05) is 72.8 Å². The van der Waals surface area contributed by atoms with Gasteiger partial charge in [-0.2, -0.15) is 0 Å². The van der Waals surface area contributed by atoms with Crippen LogP contribution in [0.2, 0.25) is 0 Å². The molecule has 5 rings (SSSR count). The maximum Gasteiger partial charge on any atom is 0.254 e. The topological polar surface area (TPSA) is 109 Å². The van der Waals surface area contributed by atoms with Crippen molar-refractivity contribution in [3.8, 4) is 11.1 Å². The Labute approximate surface area is 292 Å². The summed E-state index contributed by atoms with van der Waals surface area (Å²) >= 11 is 1.54. The fourth-order valence-electron chi connectivity index (χ4n) is 5.79. The van der Waals surface area contributed by atoms with Crippen molar-refractivity contribution in [2.75, 3.05) is 20.6 Å². The lowest BCUT2D eigenvalue weighted by Gasteiger charge is -2.34. The Morgan fingerprint density at radius 1 is 0.776 bits per heavy atom. The number of carbonyl (C=O) groups is 3. The molecule has 3 N–H and O–H groups in total. The molecule has 5 aromatic rings. The van der Waals surface area contributed by atoms with E-state index in [2.05, 4.69) is 22.4 Å². The Hall–Kier alpha value is -5.12. The average molecular weight is 674 g/mol. The third-order valence-electron chi connectivity index (χ3n) is 8.78. The molecule has 8 nitrogen and oxygen atoms in total. The summed E-state index contributed by atoms with van der Waals surface area (Å²) in [5, 5.41) is 5.00. The number of nitrogens with one attached hydrogen (secondary N) is 1. The van der Waals surface area contributed by atoms with E-state index in [0.29, 0.717) is 24.9 Å². The largest absolute Gasteiger partial charge is 0.354 e. The zero-order valence-corrected chi connectivity index (χ0v) is 29.0. The van der Waals surface area contributed by atoms with Gasteiger partial charge in [-0.05, 0) is 76.9 Å². The molecule has 3 amide bonds. The van der Waals surface area contributed by atoms with Gasteiger partial charge in [0.2, 0.25) is 11.8 Å². The summed E-state index contributed by atoms with van der Waals surface area (Å²) in [6.45, 7) is 2.28. The first-order valence-corrected chi connectivity index (χ1v) is 17.3. The van der Waals surface area contributed by atoms with Crippen molar-refractivity contribution >= 4 is 29.1 Å². The smallest absolute Gasteiger partial charge is 0.254 e. The molecule has 0 aliphatic heterocycles. The highest BCUT2D eigenvalue weighted by atomic mass is 32.1. The highest BCUT2D eigenvalue weighted by Gasteiger charge is 2.35. The number of hydrogen-bond acceptors (Lipinski definition) is 6. The molecule has 0 saturated heterocycles. The standard InChI is InChI=1S/C40H43N5O3S/c1-28(41)33-11-7-12-34(26-33)39(47)45(3)37(25-30-14-16-32(17-15-30)31-9-5-4-6-10-31)40(48)44(2)36(27-35-13-8-24-49-35)38(46)43-23-20-29-18-21-42-22-19-29/h4-19,21-22,24,26,28,36-37H,20,23,25,27,41H2,1-3H3,(H,43,46)/t28?,36?,37-/m1/s1. The van der Waals surface area contributed by atoms with Crippen LogP contribution in [-0.4, -0.2) is 65.2 Å². The first kappa shape index (κ1) is 35.2. The van der Waals surface area contributed by atoms with Crippen LogP contribution in [0.1, 0.15) is 44.9 Å². The van der Waals surface area contributed by atoms with Gasteiger partial charge in [0.25, 0.3) is 5.91 Å². The highest BCUT2D eigenvalue weighted by molar-refractivity contribution is 7.09. The number of carbonyl (C=O) groups excluding carboxylic acids is 3. The van der Waals surface area contributed by atoms with Crippen molar-refractivity contribution in [1.82, 2.24) is 20.1 Å². The predicted octanol–water partition coefficient (Wildman–Crippen LogP) is 5.94. The zero-order chi connectivity index (χ0) is 34.8. The second-order valence-corrected chi connectivity index (χ2v) is 13.3. The molecule has 0 spiro atoms. The summed E-state index contributed by atoms with van der Waals surface area (Å²) in [5.41, 5.74) is 11.5. The second kappa shape index (κ2) is 16.8. The SMILES string of the molecule is CC(N)c1cccc(C(=O)N(C)[C@H](Cc2ccc(-c3ccccc3)cc2)C(=O)N(C)C(Cc2cccs2)C(=O)NCCc2ccncc2)c1. The number of amides is 3. The van der Waals surface area contributed by atoms with E-state index in [1.54, 1.807) is 56.0 Å². The van der Waals surface area contributed by atoms with Gasteiger partial charge in [-0.3, -0.25) is 19.4 Å². The van der Waals surface area contributed by atoms with E-state index in [-0.39, 0.29) is 30.2 Å². The number of pyridine rings is 1. The number of thiophene rings is 1. The summed E-state index contributed by atoms with van der Waals surface area (Å²) in [7, 11) is 3.31. The maximum atomic E-state index is 14.6. The number of hydrogen-bond donors (Lipinski definition) is 2. The summed E-state index contributed by atoms with van der Waals surface area (Å²) in [4.78, 5) is 50.4. The molecule has 0 saturated carbocycles. The quantitative estimate of drug-likeness (QED) is 0.152. The highest BCUT2D eigenvalue weighted by Crippen LogP contribution is 2.23. The minimum Gasteiger partial charge on any atom is -0.354 e. The maximum absolute atomic E-state index is 14.6. The minimum absolute atomic E-state index is 0.247. The minimum atomic E-state index is -0.880. The van der Waals surface area contributed by atoms with Gasteiger partial charge in [-0.15, -0.1) is 11.3 Å². The summed E-state index contributed by atoms with van der Waals surface area (Å²) in [5.74, 6) is -0.869. The first-order valence-electron chi connectivity index (χ1n) is 16.4. The van der Waals surface area contributed by atoms with Gasteiger partial charge >= 0.3 is 0 Å². The molecule has 2 unspecified atom stereocenters. The molecule has 2 aromatic heterocycles. The molecule has 0 bridgehead atoms. The molecular weight excluding hydrogens is 631 g/mol. The first-order chi connectivity index (χ1) is 23.7. The van der Waals surface area contributed by atoms with E-state index in [1.807, 2.05) is 85.1 Å². The molecule has 0 radical (unpaired) electrons. The van der Waals surface area contributed by atoms with Gasteiger partial charge in [-0.25, -0.2) is 0 Å². The van der Waals surface area contributed by atoms with Gasteiger partial charge in [0.15, 0.2) is 0 Å². The Kier molecular flexibility index (Phi) is 12.1. The lowest BCUT2D eigenvalue weighted by Crippen LogP contribution is -2.56. The molecule has 9 heteroatoms. The van der Waals surface area contributed by atoms with Crippen molar-refractivity contribution < 1.29 is 14.4 Å². The number of likely N-dealkylation sites (N-methyl/N-ethyl adjacent to an activating group) is 2. The van der Waals surface area contributed by atoms with Crippen molar-refractivity contribution in [1.29, 1.82) is 0 Å². The fourth-order valence-corrected chi connectivity index (χ4v) is 6.53. The van der Waals surface area contributed by atoms with Crippen LogP contribution in [0.4, 0.5) is 0 Å². The van der Waals surface area contributed by atoms with Crippen LogP contribution in [0.25, 0.3) is 11.1 Å². The van der Waals surface area contributed by atoms with Gasteiger partial charge in [0.05, 0.1) is 0 Å².